The van der Waals surface area contributed by atoms with Crippen molar-refractivity contribution >= 4 is 31.0 Å². The molecule has 7 nitrogen and oxygen atoms in total. The van der Waals surface area contributed by atoms with Crippen molar-refractivity contribution in [2.75, 3.05) is 25.3 Å². The minimum absolute atomic E-state index is 0.0613. The molecule has 0 bridgehead atoms. The molecule has 178 valence electrons. The van der Waals surface area contributed by atoms with Crippen molar-refractivity contribution in [2.24, 2.45) is 0 Å². The van der Waals surface area contributed by atoms with Gasteiger partial charge < -0.3 is 19.7 Å². The Bertz CT molecular complexity index is 608. The van der Waals surface area contributed by atoms with E-state index in [1.54, 1.807) is 24.3 Å². The van der Waals surface area contributed by atoms with E-state index in [4.69, 9.17) is 19.7 Å². The fraction of sp³-hybridized carbons (Fsp3) is 0.682. The Labute approximate surface area is 193 Å². The summed E-state index contributed by atoms with van der Waals surface area (Å²) in [5, 5.41) is -0.0613. The van der Waals surface area contributed by atoms with Crippen LogP contribution in [-0.4, -0.2) is 58.1 Å². The van der Waals surface area contributed by atoms with Gasteiger partial charge in [-0.05, 0) is 79.7 Å². The second-order valence-electron chi connectivity index (χ2n) is 8.33. The monoisotopic (exact) mass is 473 g/mol. The van der Waals surface area contributed by atoms with Gasteiger partial charge in [-0.2, -0.15) is 0 Å². The summed E-state index contributed by atoms with van der Waals surface area (Å²) in [7, 11) is -0.997. The summed E-state index contributed by atoms with van der Waals surface area (Å²) in [4.78, 5) is 12.1. The van der Waals surface area contributed by atoms with Crippen molar-refractivity contribution in [1.29, 1.82) is 0 Å². The molecule has 0 atom stereocenters. The number of nitrogens with zero attached hydrogens (tertiary/aromatic N) is 2. The van der Waals surface area contributed by atoms with Crippen molar-refractivity contribution in [3.8, 4) is 0 Å². The molecule has 0 aliphatic heterocycles. The maximum absolute atomic E-state index is 12.1. The molecule has 0 amide bonds. The zero-order valence-corrected chi connectivity index (χ0v) is 21.9. The summed E-state index contributed by atoms with van der Waals surface area (Å²) in [5.41, 5.74) is 6.88. The second-order valence-corrected chi connectivity index (χ2v) is 10.9. The van der Waals surface area contributed by atoms with E-state index in [-0.39, 0.29) is 24.6 Å². The molecule has 1 aromatic rings. The van der Waals surface area contributed by atoms with Crippen LogP contribution in [0.15, 0.2) is 24.3 Å². The standard InChI is InChI=1S/C22H40N3O4PS/c1-16(2)24(17(3)4)30(25(18(5)6)19(7)8)29-14-27-13-28-15-31-22(26)20-9-11-21(23)12-10-20/h9-12,16-19H,13-15,23H2,1-8H3. The van der Waals surface area contributed by atoms with Gasteiger partial charge in [0, 0.05) is 35.4 Å². The second kappa shape index (κ2) is 14.4. The summed E-state index contributed by atoms with van der Waals surface area (Å²) < 4.78 is 22.1. The van der Waals surface area contributed by atoms with E-state index in [0.717, 1.165) is 11.8 Å². The first kappa shape index (κ1) is 28.3. The number of nitrogens with two attached hydrogens (primary N) is 1. The number of hydrogen-bond donors (Lipinski definition) is 1. The molecule has 0 saturated heterocycles. The van der Waals surface area contributed by atoms with Crippen LogP contribution in [-0.2, 0) is 14.0 Å². The topological polar surface area (TPSA) is 77.3 Å². The molecule has 0 spiro atoms. The summed E-state index contributed by atoms with van der Waals surface area (Å²) in [6.45, 7) is 17.7. The lowest BCUT2D eigenvalue weighted by atomic mass is 10.2. The molecule has 0 unspecified atom stereocenters. The Morgan fingerprint density at radius 3 is 1.81 bits per heavy atom. The van der Waals surface area contributed by atoms with Crippen molar-refractivity contribution < 1.29 is 18.8 Å². The van der Waals surface area contributed by atoms with Gasteiger partial charge in [0.1, 0.15) is 5.94 Å². The Morgan fingerprint density at radius 2 is 1.35 bits per heavy atom. The number of thioether (sulfide) groups is 1. The molecule has 9 heteroatoms. The van der Waals surface area contributed by atoms with Crippen molar-refractivity contribution in [1.82, 2.24) is 9.34 Å². The van der Waals surface area contributed by atoms with Crippen molar-refractivity contribution in [3.05, 3.63) is 29.8 Å². The molecular weight excluding hydrogens is 433 g/mol. The van der Waals surface area contributed by atoms with Gasteiger partial charge >= 0.3 is 0 Å². The molecule has 0 heterocycles. The first-order chi connectivity index (χ1) is 14.6. The van der Waals surface area contributed by atoms with Crippen LogP contribution in [0.4, 0.5) is 5.69 Å². The highest BCUT2D eigenvalue weighted by molar-refractivity contribution is 8.14. The lowest BCUT2D eigenvalue weighted by molar-refractivity contribution is -0.0892. The highest BCUT2D eigenvalue weighted by atomic mass is 32.2. The molecule has 0 fully saturated rings. The van der Waals surface area contributed by atoms with E-state index in [1.807, 2.05) is 0 Å². The molecule has 1 aromatic carbocycles. The van der Waals surface area contributed by atoms with Gasteiger partial charge in [-0.25, -0.2) is 9.34 Å². The smallest absolute Gasteiger partial charge is 0.221 e. The highest BCUT2D eigenvalue weighted by Gasteiger charge is 2.34. The molecule has 31 heavy (non-hydrogen) atoms. The average molecular weight is 474 g/mol. The number of anilines is 1. The molecule has 0 aromatic heterocycles. The van der Waals surface area contributed by atoms with Crippen molar-refractivity contribution in [3.63, 3.8) is 0 Å². The van der Waals surface area contributed by atoms with Crippen molar-refractivity contribution in [2.45, 2.75) is 79.6 Å². The SMILES string of the molecule is CC(C)N(C(C)C)P(OCOCOCSC(=O)c1ccc(N)cc1)N(C(C)C)C(C)C. The number of ether oxygens (including phenoxy) is 2. The van der Waals surface area contributed by atoms with E-state index < -0.39 is 8.45 Å². The number of carbonyl (C=O) groups is 1. The van der Waals surface area contributed by atoms with E-state index in [2.05, 4.69) is 64.7 Å². The molecule has 0 radical (unpaired) electrons. The average Bonchev–Trinajstić information content (AvgIpc) is 2.66. The van der Waals surface area contributed by atoms with Crippen LogP contribution >= 0.6 is 20.2 Å². The minimum atomic E-state index is -0.997. The van der Waals surface area contributed by atoms with Gasteiger partial charge in [0.25, 0.3) is 0 Å². The lowest BCUT2D eigenvalue weighted by Gasteiger charge is -2.45. The number of nitrogen functional groups attached to an aromatic ring is 1. The molecule has 0 saturated carbocycles. The highest BCUT2D eigenvalue weighted by Crippen LogP contribution is 2.50. The predicted molar refractivity (Wildman–Crippen MR) is 132 cm³/mol. The molecule has 1 rings (SSSR count). The molecule has 0 aliphatic carbocycles. The zero-order valence-electron chi connectivity index (χ0n) is 20.2. The maximum Gasteiger partial charge on any atom is 0.221 e. The van der Waals surface area contributed by atoms with Crippen LogP contribution in [0.25, 0.3) is 0 Å². The number of hydrogen-bond acceptors (Lipinski definition) is 8. The van der Waals surface area contributed by atoms with Crippen LogP contribution < -0.4 is 5.73 Å². The van der Waals surface area contributed by atoms with Gasteiger partial charge in [0.2, 0.25) is 5.12 Å². The van der Waals surface area contributed by atoms with Gasteiger partial charge in [-0.1, -0.05) is 11.8 Å². The van der Waals surface area contributed by atoms with Crippen LogP contribution in [0.5, 0.6) is 0 Å². The van der Waals surface area contributed by atoms with Crippen LogP contribution in [0.1, 0.15) is 65.7 Å². The van der Waals surface area contributed by atoms with E-state index >= 15 is 0 Å². The number of rotatable bonds is 14. The van der Waals surface area contributed by atoms with Gasteiger partial charge in [-0.15, -0.1) is 0 Å². The Balaban J connectivity index is 2.50. The van der Waals surface area contributed by atoms with Crippen LogP contribution in [0.2, 0.25) is 0 Å². The fourth-order valence-electron chi connectivity index (χ4n) is 3.24. The Morgan fingerprint density at radius 1 is 0.871 bits per heavy atom. The van der Waals surface area contributed by atoms with Crippen LogP contribution in [0.3, 0.4) is 0 Å². The van der Waals surface area contributed by atoms with Gasteiger partial charge in [-0.3, -0.25) is 4.79 Å². The number of carbonyl (C=O) groups excluding carboxylic acids is 1. The normalized spacial score (nSPS) is 12.5. The minimum Gasteiger partial charge on any atom is -0.399 e. The number of benzene rings is 1. The lowest BCUT2D eigenvalue weighted by Crippen LogP contribution is -2.43. The third-order valence-electron chi connectivity index (χ3n) is 4.35. The summed E-state index contributed by atoms with van der Waals surface area (Å²) in [5.74, 6) is 0.214. The third-order valence-corrected chi connectivity index (χ3v) is 8.11. The van der Waals surface area contributed by atoms with Gasteiger partial charge in [0.15, 0.2) is 22.0 Å². The summed E-state index contributed by atoms with van der Waals surface area (Å²) >= 11 is 1.09. The largest absolute Gasteiger partial charge is 0.399 e. The zero-order chi connectivity index (χ0) is 23.6. The molecular formula is C22H40N3O4PS. The summed E-state index contributed by atoms with van der Waals surface area (Å²) in [6, 6.07) is 8.22. The molecule has 0 aliphatic rings. The van der Waals surface area contributed by atoms with E-state index in [0.29, 0.717) is 35.4 Å². The molecule has 2 N–H and O–H groups in total. The Hall–Kier alpha value is -0.730. The Kier molecular flexibility index (Phi) is 13.2. The van der Waals surface area contributed by atoms with Gasteiger partial charge in [0.05, 0.1) is 0 Å². The van der Waals surface area contributed by atoms with Crippen LogP contribution in [0, 0.1) is 0 Å². The third kappa shape index (κ3) is 9.74. The maximum atomic E-state index is 12.1. The predicted octanol–water partition coefficient (Wildman–Crippen LogP) is 5.53. The van der Waals surface area contributed by atoms with E-state index in [1.165, 1.54) is 0 Å². The first-order valence-corrected chi connectivity index (χ1v) is 12.9. The van der Waals surface area contributed by atoms with E-state index in [9.17, 15) is 4.79 Å². The fourth-order valence-corrected chi connectivity index (χ4v) is 6.06. The summed E-state index contributed by atoms with van der Waals surface area (Å²) in [6.07, 6.45) is 0. The quantitative estimate of drug-likeness (QED) is 0.164. The first-order valence-electron chi connectivity index (χ1n) is 10.7.